The van der Waals surface area contributed by atoms with E-state index < -0.39 is 0 Å². The van der Waals surface area contributed by atoms with Gasteiger partial charge in [0.2, 0.25) is 0 Å². The molecule has 16 heavy (non-hydrogen) atoms. The summed E-state index contributed by atoms with van der Waals surface area (Å²) in [7, 11) is 0. The summed E-state index contributed by atoms with van der Waals surface area (Å²) >= 11 is 0. The third-order valence-corrected chi connectivity index (χ3v) is 4.63. The third kappa shape index (κ3) is 2.13. The fourth-order valence-corrected chi connectivity index (χ4v) is 2.89. The lowest BCUT2D eigenvalue weighted by molar-refractivity contribution is 0.154. The zero-order valence-corrected chi connectivity index (χ0v) is 10.2. The van der Waals surface area contributed by atoms with E-state index >= 15 is 0 Å². The molecule has 0 aromatic rings. The number of nitrogens with two attached hydrogens (primary N) is 1. The molecule has 1 heterocycles. The highest BCUT2D eigenvalue weighted by atomic mass is 16.5. The number of hydrogen-bond donors (Lipinski definition) is 2. The van der Waals surface area contributed by atoms with E-state index in [0.717, 1.165) is 37.6 Å². The molecular weight excluding hydrogens is 200 g/mol. The van der Waals surface area contributed by atoms with Gasteiger partial charge in [-0.3, -0.25) is 0 Å². The molecule has 2 atom stereocenters. The van der Waals surface area contributed by atoms with Gasteiger partial charge < -0.3 is 15.8 Å². The summed E-state index contributed by atoms with van der Waals surface area (Å²) in [6.45, 7) is 4.85. The van der Waals surface area contributed by atoms with Gasteiger partial charge in [-0.25, -0.2) is 0 Å². The van der Waals surface area contributed by atoms with Gasteiger partial charge in [0.1, 0.15) is 0 Å². The normalized spacial score (nSPS) is 39.6. The third-order valence-electron chi connectivity index (χ3n) is 4.63. The number of rotatable bonds is 5. The van der Waals surface area contributed by atoms with Crippen LogP contribution in [0.5, 0.6) is 0 Å². The molecule has 3 nitrogen and oxygen atoms in total. The minimum absolute atomic E-state index is 0.155. The summed E-state index contributed by atoms with van der Waals surface area (Å²) in [5.74, 6) is 1.93. The van der Waals surface area contributed by atoms with E-state index in [4.69, 9.17) is 10.5 Å². The topological polar surface area (TPSA) is 47.3 Å². The summed E-state index contributed by atoms with van der Waals surface area (Å²) in [4.78, 5) is 0. The Hall–Kier alpha value is -0.120. The zero-order valence-electron chi connectivity index (χ0n) is 10.2. The van der Waals surface area contributed by atoms with Gasteiger partial charge in [0.15, 0.2) is 0 Å². The van der Waals surface area contributed by atoms with Crippen molar-refractivity contribution in [3.63, 3.8) is 0 Å². The van der Waals surface area contributed by atoms with Gasteiger partial charge in [-0.2, -0.15) is 0 Å². The van der Waals surface area contributed by atoms with Crippen LogP contribution in [0.4, 0.5) is 0 Å². The number of nitrogens with one attached hydrogen (secondary N) is 1. The highest BCUT2D eigenvalue weighted by Gasteiger charge is 2.43. The van der Waals surface area contributed by atoms with Crippen molar-refractivity contribution in [3.05, 3.63) is 0 Å². The molecule has 0 spiro atoms. The summed E-state index contributed by atoms with van der Waals surface area (Å²) in [5.41, 5.74) is 6.27. The van der Waals surface area contributed by atoms with Gasteiger partial charge in [0.05, 0.1) is 13.2 Å². The van der Waals surface area contributed by atoms with Crippen LogP contribution in [0.3, 0.4) is 0 Å². The molecule has 0 bridgehead atoms. The van der Waals surface area contributed by atoms with Crippen molar-refractivity contribution in [3.8, 4) is 0 Å². The lowest BCUT2D eigenvalue weighted by Gasteiger charge is -2.30. The monoisotopic (exact) mass is 224 g/mol. The second-order valence-electron chi connectivity index (χ2n) is 6.36. The predicted octanol–water partition coefficient (Wildman–Crippen LogP) is 1.13. The van der Waals surface area contributed by atoms with Crippen LogP contribution in [-0.4, -0.2) is 31.8 Å². The molecule has 0 radical (unpaired) electrons. The van der Waals surface area contributed by atoms with Crippen LogP contribution in [0.1, 0.15) is 32.6 Å². The Labute approximate surface area is 98.1 Å². The van der Waals surface area contributed by atoms with E-state index in [1.54, 1.807) is 0 Å². The van der Waals surface area contributed by atoms with Crippen LogP contribution < -0.4 is 11.1 Å². The minimum atomic E-state index is 0.155. The van der Waals surface area contributed by atoms with E-state index in [-0.39, 0.29) is 11.5 Å². The molecule has 2 aliphatic carbocycles. The largest absolute Gasteiger partial charge is 0.379 e. The first-order valence-electron chi connectivity index (χ1n) is 6.76. The SMILES string of the molecule is CC1(CNC(C2CC2)C2CC2)COCC1N. The molecule has 2 unspecified atom stereocenters. The predicted molar refractivity (Wildman–Crippen MR) is 64.1 cm³/mol. The highest BCUT2D eigenvalue weighted by molar-refractivity contribution is 4.99. The van der Waals surface area contributed by atoms with E-state index in [0.29, 0.717) is 0 Å². The first kappa shape index (κ1) is 11.0. The van der Waals surface area contributed by atoms with Crippen molar-refractivity contribution in [1.29, 1.82) is 0 Å². The first-order chi connectivity index (χ1) is 7.69. The van der Waals surface area contributed by atoms with E-state index in [2.05, 4.69) is 12.2 Å². The van der Waals surface area contributed by atoms with Crippen LogP contribution in [0, 0.1) is 17.3 Å². The quantitative estimate of drug-likeness (QED) is 0.736. The van der Waals surface area contributed by atoms with E-state index in [1.807, 2.05) is 0 Å². The average molecular weight is 224 g/mol. The Morgan fingerprint density at radius 3 is 2.38 bits per heavy atom. The van der Waals surface area contributed by atoms with Crippen LogP contribution in [0.2, 0.25) is 0 Å². The van der Waals surface area contributed by atoms with Gasteiger partial charge in [0.25, 0.3) is 0 Å². The first-order valence-corrected chi connectivity index (χ1v) is 6.76. The van der Waals surface area contributed by atoms with Gasteiger partial charge >= 0.3 is 0 Å². The molecule has 1 aliphatic heterocycles. The van der Waals surface area contributed by atoms with Crippen LogP contribution >= 0.6 is 0 Å². The van der Waals surface area contributed by atoms with Gasteiger partial charge in [-0.15, -0.1) is 0 Å². The molecular formula is C13H24N2O. The fraction of sp³-hybridized carbons (Fsp3) is 1.00. The maximum atomic E-state index is 6.12. The van der Waals surface area contributed by atoms with Crippen molar-refractivity contribution >= 4 is 0 Å². The van der Waals surface area contributed by atoms with Crippen LogP contribution in [0.15, 0.2) is 0 Å². The molecule has 92 valence electrons. The lowest BCUT2D eigenvalue weighted by Crippen LogP contribution is -2.48. The fourth-order valence-electron chi connectivity index (χ4n) is 2.89. The maximum absolute atomic E-state index is 6.12. The molecule has 3 N–H and O–H groups in total. The lowest BCUT2D eigenvalue weighted by atomic mass is 9.85. The second kappa shape index (κ2) is 3.97. The zero-order chi connectivity index (χ0) is 11.2. The van der Waals surface area contributed by atoms with Crippen molar-refractivity contribution in [2.45, 2.75) is 44.7 Å². The Morgan fingerprint density at radius 1 is 1.31 bits per heavy atom. The molecule has 3 fully saturated rings. The molecule has 2 saturated carbocycles. The van der Waals surface area contributed by atoms with Crippen LogP contribution in [-0.2, 0) is 4.74 Å². The molecule has 3 aliphatic rings. The molecule has 0 aromatic carbocycles. The van der Waals surface area contributed by atoms with E-state index in [1.165, 1.54) is 25.7 Å². The standard InChI is InChI=1S/C13H24N2O/c1-13(8-16-6-11(13)14)7-15-12(9-2-3-9)10-4-5-10/h9-12,15H,2-8,14H2,1H3. The van der Waals surface area contributed by atoms with Crippen molar-refractivity contribution < 1.29 is 4.74 Å². The Kier molecular flexibility index (Phi) is 2.73. The number of hydrogen-bond acceptors (Lipinski definition) is 3. The van der Waals surface area contributed by atoms with Gasteiger partial charge in [0, 0.05) is 24.0 Å². The summed E-state index contributed by atoms with van der Waals surface area (Å²) in [5, 5.41) is 3.80. The molecule has 3 rings (SSSR count). The second-order valence-corrected chi connectivity index (χ2v) is 6.36. The van der Waals surface area contributed by atoms with Gasteiger partial charge in [-0.05, 0) is 37.5 Å². The molecule has 1 saturated heterocycles. The Balaban J connectivity index is 1.54. The number of ether oxygens (including phenoxy) is 1. The average Bonchev–Trinajstić information content (AvgIpc) is 3.12. The van der Waals surface area contributed by atoms with Crippen molar-refractivity contribution in [2.75, 3.05) is 19.8 Å². The van der Waals surface area contributed by atoms with Crippen LogP contribution in [0.25, 0.3) is 0 Å². The molecule has 0 amide bonds. The van der Waals surface area contributed by atoms with Crippen molar-refractivity contribution in [2.24, 2.45) is 23.0 Å². The summed E-state index contributed by atoms with van der Waals surface area (Å²) < 4.78 is 5.49. The Bertz CT molecular complexity index is 251. The summed E-state index contributed by atoms with van der Waals surface area (Å²) in [6.07, 6.45) is 5.75. The van der Waals surface area contributed by atoms with E-state index in [9.17, 15) is 0 Å². The smallest absolute Gasteiger partial charge is 0.0624 e. The summed E-state index contributed by atoms with van der Waals surface area (Å²) in [6, 6.07) is 0.990. The molecule has 3 heteroatoms. The van der Waals surface area contributed by atoms with Gasteiger partial charge in [-0.1, -0.05) is 6.92 Å². The highest BCUT2D eigenvalue weighted by Crippen LogP contribution is 2.44. The van der Waals surface area contributed by atoms with Crippen molar-refractivity contribution in [1.82, 2.24) is 5.32 Å². The maximum Gasteiger partial charge on any atom is 0.0624 e. The Morgan fingerprint density at radius 2 is 1.94 bits per heavy atom. The minimum Gasteiger partial charge on any atom is -0.379 e. The molecule has 0 aromatic heterocycles.